The number of hydrogen-bond acceptors (Lipinski definition) is 1. The minimum atomic E-state index is 0.883. The number of guanidine groups is 1. The molecule has 0 amide bonds. The summed E-state index contributed by atoms with van der Waals surface area (Å²) in [5, 5.41) is 3.40. The van der Waals surface area contributed by atoms with Gasteiger partial charge in [-0.25, -0.2) is 0 Å². The molecule has 100 valence electrons. The molecule has 1 aromatic rings. The molecule has 0 atom stereocenters. The average Bonchev–Trinajstić information content (AvgIpc) is 2.40. The monoisotopic (exact) mass is 247 g/mol. The van der Waals surface area contributed by atoms with Crippen molar-refractivity contribution in [2.75, 3.05) is 20.6 Å². The Morgan fingerprint density at radius 2 is 1.94 bits per heavy atom. The summed E-state index contributed by atoms with van der Waals surface area (Å²) >= 11 is 0. The zero-order chi connectivity index (χ0) is 13.2. The third-order valence-corrected chi connectivity index (χ3v) is 2.90. The zero-order valence-electron chi connectivity index (χ0n) is 11.8. The molecule has 18 heavy (non-hydrogen) atoms. The maximum absolute atomic E-state index is 4.31. The van der Waals surface area contributed by atoms with Crippen molar-refractivity contribution in [2.45, 2.75) is 32.7 Å². The van der Waals surface area contributed by atoms with Crippen LogP contribution in [0, 0.1) is 0 Å². The SMILES string of the molecule is CCCCCNC(=NC)N(C)Cc1ccccc1. The van der Waals surface area contributed by atoms with Crippen LogP contribution in [0.1, 0.15) is 31.7 Å². The van der Waals surface area contributed by atoms with E-state index in [-0.39, 0.29) is 0 Å². The van der Waals surface area contributed by atoms with Gasteiger partial charge in [-0.3, -0.25) is 4.99 Å². The second-order valence-corrected chi connectivity index (χ2v) is 4.52. The summed E-state index contributed by atoms with van der Waals surface area (Å²) in [6, 6.07) is 10.5. The first-order chi connectivity index (χ1) is 8.77. The summed E-state index contributed by atoms with van der Waals surface area (Å²) in [5.41, 5.74) is 1.30. The van der Waals surface area contributed by atoms with Crippen molar-refractivity contribution in [3.63, 3.8) is 0 Å². The number of unbranched alkanes of at least 4 members (excludes halogenated alkanes) is 2. The number of benzene rings is 1. The van der Waals surface area contributed by atoms with E-state index in [1.165, 1.54) is 24.8 Å². The molecule has 0 aliphatic carbocycles. The molecule has 0 radical (unpaired) electrons. The van der Waals surface area contributed by atoms with Gasteiger partial charge in [0.15, 0.2) is 5.96 Å². The molecule has 0 aromatic heterocycles. The van der Waals surface area contributed by atoms with Crippen molar-refractivity contribution in [1.29, 1.82) is 0 Å². The van der Waals surface area contributed by atoms with Crippen LogP contribution in [-0.4, -0.2) is 31.5 Å². The quantitative estimate of drug-likeness (QED) is 0.475. The van der Waals surface area contributed by atoms with Gasteiger partial charge in [-0.2, -0.15) is 0 Å². The molecule has 0 saturated heterocycles. The molecule has 0 spiro atoms. The van der Waals surface area contributed by atoms with Gasteiger partial charge in [0.2, 0.25) is 0 Å². The first-order valence-corrected chi connectivity index (χ1v) is 6.73. The summed E-state index contributed by atoms with van der Waals surface area (Å²) in [6.45, 7) is 4.10. The number of aliphatic imine (C=N–C) groups is 1. The molecule has 0 aliphatic rings. The number of nitrogens with one attached hydrogen (secondary N) is 1. The van der Waals surface area contributed by atoms with E-state index in [0.717, 1.165) is 19.0 Å². The molecule has 0 aliphatic heterocycles. The molecular weight excluding hydrogens is 222 g/mol. The van der Waals surface area contributed by atoms with Crippen molar-refractivity contribution in [2.24, 2.45) is 4.99 Å². The van der Waals surface area contributed by atoms with E-state index in [1.54, 1.807) is 0 Å². The minimum Gasteiger partial charge on any atom is -0.356 e. The van der Waals surface area contributed by atoms with Crippen LogP contribution >= 0.6 is 0 Å². The Bertz CT molecular complexity index is 346. The van der Waals surface area contributed by atoms with Gasteiger partial charge in [-0.15, -0.1) is 0 Å². The fraction of sp³-hybridized carbons (Fsp3) is 0.533. The fourth-order valence-electron chi connectivity index (χ4n) is 1.89. The Labute approximate surface area is 111 Å². The lowest BCUT2D eigenvalue weighted by Crippen LogP contribution is -2.38. The smallest absolute Gasteiger partial charge is 0.193 e. The van der Waals surface area contributed by atoms with Crippen LogP contribution < -0.4 is 5.32 Å². The fourth-order valence-corrected chi connectivity index (χ4v) is 1.89. The summed E-state index contributed by atoms with van der Waals surface area (Å²) in [4.78, 5) is 6.47. The van der Waals surface area contributed by atoms with Crippen molar-refractivity contribution in [3.05, 3.63) is 35.9 Å². The Kier molecular flexibility index (Phi) is 6.92. The van der Waals surface area contributed by atoms with Gasteiger partial charge < -0.3 is 10.2 Å². The molecule has 3 nitrogen and oxygen atoms in total. The molecule has 0 fully saturated rings. The van der Waals surface area contributed by atoms with Gasteiger partial charge in [-0.1, -0.05) is 50.1 Å². The topological polar surface area (TPSA) is 27.6 Å². The Morgan fingerprint density at radius 3 is 2.56 bits per heavy atom. The lowest BCUT2D eigenvalue weighted by atomic mass is 10.2. The number of rotatable bonds is 6. The van der Waals surface area contributed by atoms with E-state index >= 15 is 0 Å². The van der Waals surface area contributed by atoms with Gasteiger partial charge in [0.05, 0.1) is 0 Å². The number of nitrogens with zero attached hydrogens (tertiary/aromatic N) is 2. The van der Waals surface area contributed by atoms with Crippen molar-refractivity contribution in [3.8, 4) is 0 Å². The molecule has 0 saturated carbocycles. The van der Waals surface area contributed by atoms with E-state index in [2.05, 4.69) is 53.4 Å². The van der Waals surface area contributed by atoms with Gasteiger partial charge >= 0.3 is 0 Å². The number of hydrogen-bond donors (Lipinski definition) is 1. The van der Waals surface area contributed by atoms with E-state index < -0.39 is 0 Å². The standard InChI is InChI=1S/C15H25N3/c1-4-5-9-12-17-15(16-2)18(3)13-14-10-7-6-8-11-14/h6-8,10-11H,4-5,9,12-13H2,1-3H3,(H,16,17). The lowest BCUT2D eigenvalue weighted by molar-refractivity contribution is 0.474. The van der Waals surface area contributed by atoms with Crippen molar-refractivity contribution < 1.29 is 0 Å². The van der Waals surface area contributed by atoms with Crippen LogP contribution in [0.4, 0.5) is 0 Å². The van der Waals surface area contributed by atoms with E-state index in [9.17, 15) is 0 Å². The predicted molar refractivity (Wildman–Crippen MR) is 78.8 cm³/mol. The van der Waals surface area contributed by atoms with Gasteiger partial charge in [-0.05, 0) is 12.0 Å². The third-order valence-electron chi connectivity index (χ3n) is 2.90. The first-order valence-electron chi connectivity index (χ1n) is 6.73. The van der Waals surface area contributed by atoms with Crippen LogP contribution in [0.15, 0.2) is 35.3 Å². The van der Waals surface area contributed by atoms with Crippen LogP contribution in [0.3, 0.4) is 0 Å². The van der Waals surface area contributed by atoms with Gasteiger partial charge in [0.1, 0.15) is 0 Å². The summed E-state index contributed by atoms with van der Waals surface area (Å²) in [6.07, 6.45) is 3.72. The highest BCUT2D eigenvalue weighted by molar-refractivity contribution is 5.79. The average molecular weight is 247 g/mol. The normalized spacial score (nSPS) is 11.4. The molecule has 3 heteroatoms. The van der Waals surface area contributed by atoms with E-state index in [1.807, 2.05) is 13.1 Å². The first kappa shape index (κ1) is 14.6. The molecule has 0 heterocycles. The van der Waals surface area contributed by atoms with Gasteiger partial charge in [0, 0.05) is 27.2 Å². The van der Waals surface area contributed by atoms with Gasteiger partial charge in [0.25, 0.3) is 0 Å². The Hall–Kier alpha value is -1.51. The molecule has 1 N–H and O–H groups in total. The van der Waals surface area contributed by atoms with E-state index in [4.69, 9.17) is 0 Å². The maximum atomic E-state index is 4.31. The predicted octanol–water partition coefficient (Wildman–Crippen LogP) is 2.88. The highest BCUT2D eigenvalue weighted by atomic mass is 15.3. The molecule has 0 unspecified atom stereocenters. The van der Waals surface area contributed by atoms with Crippen molar-refractivity contribution in [1.82, 2.24) is 10.2 Å². The van der Waals surface area contributed by atoms with Crippen LogP contribution in [-0.2, 0) is 6.54 Å². The Balaban J connectivity index is 2.40. The third kappa shape index (κ3) is 5.21. The second-order valence-electron chi connectivity index (χ2n) is 4.52. The van der Waals surface area contributed by atoms with E-state index in [0.29, 0.717) is 0 Å². The highest BCUT2D eigenvalue weighted by Gasteiger charge is 2.05. The highest BCUT2D eigenvalue weighted by Crippen LogP contribution is 2.02. The Morgan fingerprint density at radius 1 is 1.22 bits per heavy atom. The van der Waals surface area contributed by atoms with Crippen LogP contribution in [0.25, 0.3) is 0 Å². The largest absolute Gasteiger partial charge is 0.356 e. The van der Waals surface area contributed by atoms with Crippen molar-refractivity contribution >= 4 is 5.96 Å². The maximum Gasteiger partial charge on any atom is 0.193 e. The zero-order valence-corrected chi connectivity index (χ0v) is 11.8. The molecule has 1 aromatic carbocycles. The second kappa shape index (κ2) is 8.56. The molecular formula is C15H25N3. The summed E-state index contributed by atoms with van der Waals surface area (Å²) in [7, 11) is 3.91. The summed E-state index contributed by atoms with van der Waals surface area (Å²) < 4.78 is 0. The minimum absolute atomic E-state index is 0.883. The summed E-state index contributed by atoms with van der Waals surface area (Å²) in [5.74, 6) is 0.968. The molecule has 1 rings (SSSR count). The lowest BCUT2D eigenvalue weighted by Gasteiger charge is -2.22. The van der Waals surface area contributed by atoms with Crippen LogP contribution in [0.2, 0.25) is 0 Å². The molecule has 0 bridgehead atoms. The van der Waals surface area contributed by atoms with Crippen LogP contribution in [0.5, 0.6) is 0 Å².